The molecule has 4 nitrogen and oxygen atoms in total. The number of primary amides is 1. The van der Waals surface area contributed by atoms with Crippen LogP contribution in [-0.4, -0.2) is 19.0 Å². The van der Waals surface area contributed by atoms with Gasteiger partial charge in [-0.2, -0.15) is 0 Å². The standard InChI is InChI=1S/C10H10NO3/c1-14-9(12)6-7-4-2-3-5-8(7)10(11)13/h2,4-5H,6H2,1H3,(H2,11,13). The maximum Gasteiger partial charge on any atom is 0.310 e. The summed E-state index contributed by atoms with van der Waals surface area (Å²) in [4.78, 5) is 21.9. The summed E-state index contributed by atoms with van der Waals surface area (Å²) in [6.07, 6.45) is 0.0451. The van der Waals surface area contributed by atoms with E-state index in [-0.39, 0.29) is 6.42 Å². The van der Waals surface area contributed by atoms with Gasteiger partial charge in [-0.1, -0.05) is 12.1 Å². The van der Waals surface area contributed by atoms with Gasteiger partial charge in [0.1, 0.15) is 0 Å². The number of rotatable bonds is 3. The average molecular weight is 192 g/mol. The molecule has 73 valence electrons. The molecule has 0 unspecified atom stereocenters. The van der Waals surface area contributed by atoms with E-state index >= 15 is 0 Å². The van der Waals surface area contributed by atoms with Gasteiger partial charge in [-0.25, -0.2) is 0 Å². The molecule has 0 saturated heterocycles. The van der Waals surface area contributed by atoms with Gasteiger partial charge in [-0.05, 0) is 17.7 Å². The van der Waals surface area contributed by atoms with Crippen molar-refractivity contribution < 1.29 is 14.3 Å². The molecule has 0 aromatic heterocycles. The van der Waals surface area contributed by atoms with E-state index in [1.807, 2.05) is 0 Å². The van der Waals surface area contributed by atoms with Crippen LogP contribution in [0, 0.1) is 6.07 Å². The Hall–Kier alpha value is -1.84. The van der Waals surface area contributed by atoms with Gasteiger partial charge < -0.3 is 10.5 Å². The van der Waals surface area contributed by atoms with E-state index < -0.39 is 11.9 Å². The molecule has 2 N–H and O–H groups in total. The summed E-state index contributed by atoms with van der Waals surface area (Å²) >= 11 is 0. The summed E-state index contributed by atoms with van der Waals surface area (Å²) in [7, 11) is 1.29. The first kappa shape index (κ1) is 10.2. The number of nitrogens with two attached hydrogens (primary N) is 1. The predicted octanol–water partition coefficient (Wildman–Crippen LogP) is 0.301. The third-order valence-electron chi connectivity index (χ3n) is 1.78. The number of esters is 1. The van der Waals surface area contributed by atoms with Gasteiger partial charge in [0.05, 0.1) is 13.5 Å². The van der Waals surface area contributed by atoms with Crippen LogP contribution in [0.15, 0.2) is 18.2 Å². The lowest BCUT2D eigenvalue weighted by atomic mass is 10.0. The third-order valence-corrected chi connectivity index (χ3v) is 1.78. The third kappa shape index (κ3) is 2.32. The Kier molecular flexibility index (Phi) is 3.23. The van der Waals surface area contributed by atoms with Crippen molar-refractivity contribution in [3.63, 3.8) is 0 Å². The maximum absolute atomic E-state index is 11.0. The summed E-state index contributed by atoms with van der Waals surface area (Å²) in [6, 6.07) is 7.42. The second-order valence-electron chi connectivity index (χ2n) is 2.70. The number of ether oxygens (including phenoxy) is 1. The Labute approximate surface area is 81.7 Å². The van der Waals surface area contributed by atoms with Crippen molar-refractivity contribution in [2.45, 2.75) is 6.42 Å². The number of carbonyl (C=O) groups is 2. The van der Waals surface area contributed by atoms with Crippen molar-refractivity contribution in [3.05, 3.63) is 35.4 Å². The summed E-state index contributed by atoms with van der Waals surface area (Å²) in [5.74, 6) is -0.973. The van der Waals surface area contributed by atoms with Crippen LogP contribution >= 0.6 is 0 Å². The summed E-state index contributed by atoms with van der Waals surface area (Å²) < 4.78 is 4.49. The zero-order valence-electron chi connectivity index (χ0n) is 7.74. The molecule has 0 aliphatic carbocycles. The van der Waals surface area contributed by atoms with Crippen molar-refractivity contribution >= 4 is 11.9 Å². The second kappa shape index (κ2) is 4.41. The smallest absolute Gasteiger partial charge is 0.310 e. The fourth-order valence-corrected chi connectivity index (χ4v) is 1.07. The molecular weight excluding hydrogens is 182 g/mol. The molecule has 0 spiro atoms. The van der Waals surface area contributed by atoms with Crippen molar-refractivity contribution in [3.8, 4) is 0 Å². The lowest BCUT2D eigenvalue weighted by Gasteiger charge is -2.04. The van der Waals surface area contributed by atoms with E-state index in [1.54, 1.807) is 12.1 Å². The summed E-state index contributed by atoms with van der Waals surface area (Å²) in [5.41, 5.74) is 5.98. The molecule has 0 atom stereocenters. The zero-order valence-corrected chi connectivity index (χ0v) is 7.74. The molecule has 1 rings (SSSR count). The number of amides is 1. The molecule has 0 aliphatic rings. The van der Waals surface area contributed by atoms with Crippen LogP contribution in [0.1, 0.15) is 15.9 Å². The van der Waals surface area contributed by atoms with Gasteiger partial charge in [0.2, 0.25) is 5.91 Å². The van der Waals surface area contributed by atoms with Gasteiger partial charge >= 0.3 is 5.97 Å². The molecule has 14 heavy (non-hydrogen) atoms. The monoisotopic (exact) mass is 192 g/mol. The quantitative estimate of drug-likeness (QED) is 0.700. The van der Waals surface area contributed by atoms with Gasteiger partial charge in [-0.3, -0.25) is 9.59 Å². The molecule has 1 amide bonds. The normalized spacial score (nSPS) is 9.50. The number of hydrogen-bond acceptors (Lipinski definition) is 3. The largest absolute Gasteiger partial charge is 0.469 e. The lowest BCUT2D eigenvalue weighted by molar-refractivity contribution is -0.139. The topological polar surface area (TPSA) is 69.4 Å². The molecule has 1 aromatic carbocycles. The summed E-state index contributed by atoms with van der Waals surface area (Å²) in [6.45, 7) is 0. The van der Waals surface area contributed by atoms with E-state index in [1.165, 1.54) is 13.2 Å². The first-order valence-electron chi connectivity index (χ1n) is 4.00. The van der Waals surface area contributed by atoms with Crippen LogP contribution in [0.3, 0.4) is 0 Å². The Balaban J connectivity index is 2.95. The molecule has 0 heterocycles. The van der Waals surface area contributed by atoms with Gasteiger partial charge in [0.25, 0.3) is 0 Å². The highest BCUT2D eigenvalue weighted by molar-refractivity contribution is 5.95. The Bertz CT molecular complexity index is 360. The van der Waals surface area contributed by atoms with E-state index in [9.17, 15) is 9.59 Å². The van der Waals surface area contributed by atoms with E-state index in [4.69, 9.17) is 5.73 Å². The molecule has 0 bridgehead atoms. The maximum atomic E-state index is 11.0. The first-order chi connectivity index (χ1) is 6.65. The van der Waals surface area contributed by atoms with Gasteiger partial charge in [0, 0.05) is 5.56 Å². The molecule has 4 heteroatoms. The molecule has 0 fully saturated rings. The van der Waals surface area contributed by atoms with E-state index in [2.05, 4.69) is 10.8 Å². The van der Waals surface area contributed by atoms with E-state index in [0.29, 0.717) is 11.1 Å². The highest BCUT2D eigenvalue weighted by Gasteiger charge is 2.10. The molecule has 0 saturated carbocycles. The lowest BCUT2D eigenvalue weighted by Crippen LogP contribution is -2.16. The van der Waals surface area contributed by atoms with Crippen molar-refractivity contribution in [2.24, 2.45) is 5.73 Å². The Morgan fingerprint density at radius 2 is 2.29 bits per heavy atom. The highest BCUT2D eigenvalue weighted by Crippen LogP contribution is 2.08. The minimum Gasteiger partial charge on any atom is -0.469 e. The van der Waals surface area contributed by atoms with Crippen molar-refractivity contribution in [1.29, 1.82) is 0 Å². The molecule has 0 aliphatic heterocycles. The number of benzene rings is 1. The highest BCUT2D eigenvalue weighted by atomic mass is 16.5. The minimum atomic E-state index is -0.569. The van der Waals surface area contributed by atoms with Gasteiger partial charge in [-0.15, -0.1) is 0 Å². The molecule has 1 radical (unpaired) electrons. The van der Waals surface area contributed by atoms with Crippen LogP contribution in [0.25, 0.3) is 0 Å². The predicted molar refractivity (Wildman–Crippen MR) is 49.5 cm³/mol. The van der Waals surface area contributed by atoms with Crippen LogP contribution in [0.5, 0.6) is 0 Å². The first-order valence-corrected chi connectivity index (χ1v) is 4.00. The molecular formula is C10H10NO3. The SMILES string of the molecule is COC(=O)Cc1cc[c]cc1C(N)=O. The molecule has 1 aromatic rings. The number of carbonyl (C=O) groups excluding carboxylic acids is 2. The number of hydrogen-bond donors (Lipinski definition) is 1. The van der Waals surface area contributed by atoms with Crippen LogP contribution in [0.4, 0.5) is 0 Å². The van der Waals surface area contributed by atoms with Crippen LogP contribution < -0.4 is 5.73 Å². The fraction of sp³-hybridized carbons (Fsp3) is 0.200. The van der Waals surface area contributed by atoms with E-state index in [0.717, 1.165) is 0 Å². The Morgan fingerprint density at radius 1 is 1.57 bits per heavy atom. The van der Waals surface area contributed by atoms with Gasteiger partial charge in [0.15, 0.2) is 0 Å². The zero-order chi connectivity index (χ0) is 10.6. The van der Waals surface area contributed by atoms with Crippen molar-refractivity contribution in [2.75, 3.05) is 7.11 Å². The second-order valence-corrected chi connectivity index (χ2v) is 2.70. The number of methoxy groups -OCH3 is 1. The van der Waals surface area contributed by atoms with Crippen molar-refractivity contribution in [1.82, 2.24) is 0 Å². The minimum absolute atomic E-state index is 0.0451. The summed E-state index contributed by atoms with van der Waals surface area (Å²) in [5, 5.41) is 0. The van der Waals surface area contributed by atoms with Crippen LogP contribution in [-0.2, 0) is 16.0 Å². The van der Waals surface area contributed by atoms with Crippen LogP contribution in [0.2, 0.25) is 0 Å². The average Bonchev–Trinajstić information content (AvgIpc) is 2.18. The Morgan fingerprint density at radius 3 is 2.86 bits per heavy atom. The fourth-order valence-electron chi connectivity index (χ4n) is 1.07.